The summed E-state index contributed by atoms with van der Waals surface area (Å²) in [5.41, 5.74) is 1.88. The van der Waals surface area contributed by atoms with Crippen LogP contribution in [0.3, 0.4) is 0 Å². The molecule has 0 atom stereocenters. The maximum absolute atomic E-state index is 12.4. The maximum Gasteiger partial charge on any atom is 0.274 e. The van der Waals surface area contributed by atoms with Gasteiger partial charge in [-0.15, -0.1) is 0 Å². The van der Waals surface area contributed by atoms with Crippen LogP contribution in [-0.4, -0.2) is 60.2 Å². The third-order valence-electron chi connectivity index (χ3n) is 4.13. The van der Waals surface area contributed by atoms with Crippen molar-refractivity contribution >= 4 is 29.1 Å². The molecule has 2 N–H and O–H groups in total. The fourth-order valence-corrected chi connectivity index (χ4v) is 2.77. The molecule has 138 valence electrons. The molecular weight excluding hydrogens is 354 g/mol. The van der Waals surface area contributed by atoms with Crippen molar-refractivity contribution in [3.63, 3.8) is 0 Å². The van der Waals surface area contributed by atoms with Crippen molar-refractivity contribution in [2.75, 3.05) is 50.0 Å². The van der Waals surface area contributed by atoms with Gasteiger partial charge in [-0.25, -0.2) is 9.97 Å². The van der Waals surface area contributed by atoms with Crippen LogP contribution >= 0.6 is 11.6 Å². The molecule has 0 aliphatic carbocycles. The van der Waals surface area contributed by atoms with Gasteiger partial charge in [-0.3, -0.25) is 9.69 Å². The highest BCUT2D eigenvalue weighted by atomic mass is 35.5. The predicted molar refractivity (Wildman–Crippen MR) is 102 cm³/mol. The minimum atomic E-state index is -0.302. The van der Waals surface area contributed by atoms with Gasteiger partial charge in [-0.2, -0.15) is 0 Å². The molecule has 1 saturated heterocycles. The second-order valence-corrected chi connectivity index (χ2v) is 6.47. The molecule has 1 aliphatic rings. The zero-order chi connectivity index (χ0) is 18.4. The summed E-state index contributed by atoms with van der Waals surface area (Å²) in [4.78, 5) is 23.2. The lowest BCUT2D eigenvalue weighted by Crippen LogP contribution is -2.39. The van der Waals surface area contributed by atoms with Crippen LogP contribution in [0.25, 0.3) is 0 Å². The molecule has 1 aromatic heterocycles. The summed E-state index contributed by atoms with van der Waals surface area (Å²) in [7, 11) is 0. The van der Waals surface area contributed by atoms with Gasteiger partial charge in [-0.05, 0) is 30.7 Å². The Morgan fingerprint density at radius 2 is 2.12 bits per heavy atom. The number of morpholine rings is 1. The Bertz CT molecular complexity index is 765. The first-order valence-corrected chi connectivity index (χ1v) is 8.94. The smallest absolute Gasteiger partial charge is 0.274 e. The van der Waals surface area contributed by atoms with Crippen LogP contribution in [0.4, 0.5) is 11.6 Å². The zero-order valence-electron chi connectivity index (χ0n) is 14.7. The predicted octanol–water partition coefficient (Wildman–Crippen LogP) is 2.43. The van der Waals surface area contributed by atoms with Crippen LogP contribution in [0.5, 0.6) is 0 Å². The van der Waals surface area contributed by atoms with E-state index in [2.05, 4.69) is 25.5 Å². The molecule has 0 bridgehead atoms. The molecule has 0 saturated carbocycles. The lowest BCUT2D eigenvalue weighted by molar-refractivity contribution is 0.0398. The van der Waals surface area contributed by atoms with E-state index in [-0.39, 0.29) is 5.91 Å². The monoisotopic (exact) mass is 375 g/mol. The molecule has 3 rings (SSSR count). The van der Waals surface area contributed by atoms with Gasteiger partial charge in [0.2, 0.25) is 5.95 Å². The van der Waals surface area contributed by atoms with Crippen LogP contribution < -0.4 is 10.6 Å². The Labute approximate surface area is 157 Å². The highest BCUT2D eigenvalue weighted by molar-refractivity contribution is 6.31. The topological polar surface area (TPSA) is 79.4 Å². The quantitative estimate of drug-likeness (QED) is 0.807. The molecule has 2 aromatic rings. The number of anilines is 2. The number of ether oxygens (including phenoxy) is 1. The van der Waals surface area contributed by atoms with Crippen LogP contribution in [0.2, 0.25) is 5.02 Å². The molecule has 1 amide bonds. The van der Waals surface area contributed by atoms with Crippen molar-refractivity contribution in [2.24, 2.45) is 0 Å². The number of aromatic nitrogens is 2. The Morgan fingerprint density at radius 1 is 1.31 bits per heavy atom. The summed E-state index contributed by atoms with van der Waals surface area (Å²) >= 11 is 6.09. The first-order valence-electron chi connectivity index (χ1n) is 8.56. The van der Waals surface area contributed by atoms with E-state index in [9.17, 15) is 4.79 Å². The number of amides is 1. The SMILES string of the molecule is Cc1ccc(NC(=O)c2ccnc(NCCN3CCOCC3)n2)cc1Cl. The third kappa shape index (κ3) is 5.14. The first kappa shape index (κ1) is 18.6. The number of nitrogens with zero attached hydrogens (tertiary/aromatic N) is 3. The average Bonchev–Trinajstić information content (AvgIpc) is 2.66. The van der Waals surface area contributed by atoms with Crippen molar-refractivity contribution in [2.45, 2.75) is 6.92 Å². The highest BCUT2D eigenvalue weighted by Gasteiger charge is 2.12. The number of halogens is 1. The molecular formula is C18H22ClN5O2. The minimum Gasteiger partial charge on any atom is -0.379 e. The minimum absolute atomic E-state index is 0.297. The molecule has 1 fully saturated rings. The average molecular weight is 376 g/mol. The van der Waals surface area contributed by atoms with E-state index in [0.717, 1.165) is 38.4 Å². The van der Waals surface area contributed by atoms with Crippen molar-refractivity contribution in [1.82, 2.24) is 14.9 Å². The first-order chi connectivity index (χ1) is 12.6. The van der Waals surface area contributed by atoms with Crippen LogP contribution in [0.1, 0.15) is 16.1 Å². The molecule has 0 unspecified atom stereocenters. The fourth-order valence-electron chi connectivity index (χ4n) is 2.59. The second kappa shape index (κ2) is 8.93. The Hall–Kier alpha value is -2.22. The van der Waals surface area contributed by atoms with Gasteiger partial charge in [0.05, 0.1) is 13.2 Å². The van der Waals surface area contributed by atoms with Crippen molar-refractivity contribution in [3.8, 4) is 0 Å². The van der Waals surface area contributed by atoms with Gasteiger partial charge in [0.15, 0.2) is 0 Å². The Morgan fingerprint density at radius 3 is 2.88 bits per heavy atom. The van der Waals surface area contributed by atoms with Gasteiger partial charge in [0, 0.05) is 43.1 Å². The standard InChI is InChI=1S/C18H22ClN5O2/c1-13-2-3-14(12-15(13)19)22-17(25)16-4-5-20-18(23-16)21-6-7-24-8-10-26-11-9-24/h2-5,12H,6-11H2,1H3,(H,22,25)(H,20,21,23). The number of carbonyl (C=O) groups excluding carboxylic acids is 1. The zero-order valence-corrected chi connectivity index (χ0v) is 15.4. The molecule has 7 nitrogen and oxygen atoms in total. The molecule has 1 aromatic carbocycles. The van der Waals surface area contributed by atoms with Gasteiger partial charge in [0.25, 0.3) is 5.91 Å². The molecule has 0 spiro atoms. The number of hydrogen-bond donors (Lipinski definition) is 2. The number of aryl methyl sites for hydroxylation is 1. The third-order valence-corrected chi connectivity index (χ3v) is 4.54. The molecule has 0 radical (unpaired) electrons. The van der Waals surface area contributed by atoms with E-state index in [1.54, 1.807) is 18.3 Å². The summed E-state index contributed by atoms with van der Waals surface area (Å²) < 4.78 is 5.33. The van der Waals surface area contributed by atoms with Crippen molar-refractivity contribution in [3.05, 3.63) is 46.7 Å². The van der Waals surface area contributed by atoms with E-state index in [1.807, 2.05) is 19.1 Å². The van der Waals surface area contributed by atoms with Crippen LogP contribution in [0.15, 0.2) is 30.5 Å². The number of hydrogen-bond acceptors (Lipinski definition) is 6. The summed E-state index contributed by atoms with van der Waals surface area (Å²) in [6, 6.07) is 6.97. The normalized spacial score (nSPS) is 14.8. The largest absolute Gasteiger partial charge is 0.379 e. The van der Waals surface area contributed by atoms with E-state index in [4.69, 9.17) is 16.3 Å². The highest BCUT2D eigenvalue weighted by Crippen LogP contribution is 2.20. The second-order valence-electron chi connectivity index (χ2n) is 6.06. The molecule has 26 heavy (non-hydrogen) atoms. The summed E-state index contributed by atoms with van der Waals surface area (Å²) in [6.45, 7) is 6.91. The Kier molecular flexibility index (Phi) is 6.38. The fraction of sp³-hybridized carbons (Fsp3) is 0.389. The van der Waals surface area contributed by atoms with E-state index < -0.39 is 0 Å². The molecule has 1 aliphatic heterocycles. The number of rotatable bonds is 6. The van der Waals surface area contributed by atoms with E-state index in [0.29, 0.717) is 28.9 Å². The Balaban J connectivity index is 1.55. The van der Waals surface area contributed by atoms with E-state index in [1.165, 1.54) is 0 Å². The van der Waals surface area contributed by atoms with Gasteiger partial charge >= 0.3 is 0 Å². The lowest BCUT2D eigenvalue weighted by atomic mass is 10.2. The van der Waals surface area contributed by atoms with Crippen molar-refractivity contribution in [1.29, 1.82) is 0 Å². The summed E-state index contributed by atoms with van der Waals surface area (Å²) in [5, 5.41) is 6.57. The molecule has 2 heterocycles. The van der Waals surface area contributed by atoms with Crippen LogP contribution in [0, 0.1) is 6.92 Å². The van der Waals surface area contributed by atoms with Crippen LogP contribution in [-0.2, 0) is 4.74 Å². The van der Waals surface area contributed by atoms with Gasteiger partial charge in [-0.1, -0.05) is 17.7 Å². The van der Waals surface area contributed by atoms with Crippen molar-refractivity contribution < 1.29 is 9.53 Å². The summed E-state index contributed by atoms with van der Waals surface area (Å²) in [6.07, 6.45) is 1.57. The van der Waals surface area contributed by atoms with E-state index >= 15 is 0 Å². The van der Waals surface area contributed by atoms with Gasteiger partial charge < -0.3 is 15.4 Å². The maximum atomic E-state index is 12.4. The molecule has 8 heteroatoms. The number of nitrogens with one attached hydrogen (secondary N) is 2. The number of benzene rings is 1. The number of carbonyl (C=O) groups is 1. The lowest BCUT2D eigenvalue weighted by Gasteiger charge is -2.26. The van der Waals surface area contributed by atoms with Gasteiger partial charge in [0.1, 0.15) is 5.69 Å². The summed E-state index contributed by atoms with van der Waals surface area (Å²) in [5.74, 6) is 0.136.